The Hall–Kier alpha value is -2.56. The van der Waals surface area contributed by atoms with Crippen LogP contribution >= 0.6 is 11.6 Å². The van der Waals surface area contributed by atoms with Crippen molar-refractivity contribution in [1.82, 2.24) is 14.9 Å². The van der Waals surface area contributed by atoms with Gasteiger partial charge < -0.3 is 14.6 Å². The van der Waals surface area contributed by atoms with Gasteiger partial charge >= 0.3 is 0 Å². The van der Waals surface area contributed by atoms with Crippen molar-refractivity contribution in [3.8, 4) is 16.9 Å². The molecule has 5 rings (SSSR count). The molecule has 1 atom stereocenters. The van der Waals surface area contributed by atoms with Gasteiger partial charge in [0.15, 0.2) is 0 Å². The number of hydrogen-bond donors (Lipinski definition) is 1. The maximum absolute atomic E-state index is 6.48. The number of hydrogen-bond acceptors (Lipinski definition) is 3. The van der Waals surface area contributed by atoms with E-state index in [0.717, 1.165) is 69.1 Å². The molecule has 0 radical (unpaired) electrons. The van der Waals surface area contributed by atoms with Gasteiger partial charge in [0.05, 0.1) is 23.3 Å². The predicted molar refractivity (Wildman–Crippen MR) is 120 cm³/mol. The number of nitrogens with one attached hydrogen (secondary N) is 1. The largest absolute Gasteiger partial charge is 0.493 e. The quantitative estimate of drug-likeness (QED) is 0.475. The van der Waals surface area contributed by atoms with Crippen molar-refractivity contribution in [3.63, 3.8) is 0 Å². The van der Waals surface area contributed by atoms with Gasteiger partial charge in [-0.25, -0.2) is 0 Å². The molecule has 29 heavy (non-hydrogen) atoms. The number of aromatic nitrogens is 2. The van der Waals surface area contributed by atoms with Gasteiger partial charge in [-0.2, -0.15) is 0 Å². The molecule has 0 bridgehead atoms. The van der Waals surface area contributed by atoms with Crippen LogP contribution in [0.5, 0.6) is 5.75 Å². The minimum absolute atomic E-state index is 0.621. The molecule has 1 aliphatic heterocycles. The molecular weight excluding hydrogens is 382 g/mol. The number of pyridine rings is 1. The molecule has 1 N–H and O–H groups in total. The van der Waals surface area contributed by atoms with Crippen LogP contribution < -0.4 is 4.74 Å². The molecule has 4 aromatic rings. The minimum atomic E-state index is 0.621. The van der Waals surface area contributed by atoms with E-state index in [4.69, 9.17) is 16.3 Å². The summed E-state index contributed by atoms with van der Waals surface area (Å²) in [6.07, 6.45) is 3.06. The molecule has 1 saturated heterocycles. The maximum atomic E-state index is 6.48. The van der Waals surface area contributed by atoms with Gasteiger partial charge in [-0.1, -0.05) is 23.7 Å². The molecule has 2 aromatic carbocycles. The molecule has 5 heteroatoms. The Balaban J connectivity index is 1.47. The van der Waals surface area contributed by atoms with Gasteiger partial charge in [-0.05, 0) is 62.8 Å². The summed E-state index contributed by atoms with van der Waals surface area (Å²) in [6.45, 7) is 5.08. The van der Waals surface area contributed by atoms with Crippen LogP contribution in [0, 0.1) is 12.8 Å². The first-order chi connectivity index (χ1) is 14.1. The number of nitrogens with zero attached hydrogens (tertiary/aromatic N) is 2. The van der Waals surface area contributed by atoms with Crippen molar-refractivity contribution in [3.05, 3.63) is 59.4 Å². The Morgan fingerprint density at radius 3 is 2.72 bits per heavy atom. The van der Waals surface area contributed by atoms with E-state index in [-0.39, 0.29) is 0 Å². The second-order valence-electron chi connectivity index (χ2n) is 8.07. The minimum Gasteiger partial charge on any atom is -0.493 e. The molecule has 0 aliphatic carbocycles. The Kier molecular flexibility index (Phi) is 4.69. The molecule has 1 aliphatic rings. The van der Waals surface area contributed by atoms with Crippen LogP contribution in [0.15, 0.2) is 48.7 Å². The highest BCUT2D eigenvalue weighted by Crippen LogP contribution is 2.36. The number of ether oxygens (including phenoxy) is 1. The summed E-state index contributed by atoms with van der Waals surface area (Å²) in [4.78, 5) is 10.3. The molecule has 148 valence electrons. The standard InChI is InChI=1S/C24H24ClN3O/c1-15-23-20(7-9-26-15)22-12-18(25)11-21(24(22)27-23)17-3-5-19(6-4-17)29-14-16-8-10-28(2)13-16/h3-7,9,11-12,16,27H,8,10,13-14H2,1-2H3. The van der Waals surface area contributed by atoms with E-state index in [2.05, 4.69) is 46.2 Å². The summed E-state index contributed by atoms with van der Waals surface area (Å²) < 4.78 is 6.04. The summed E-state index contributed by atoms with van der Waals surface area (Å²) in [5.74, 6) is 1.54. The number of rotatable bonds is 4. The topological polar surface area (TPSA) is 41.1 Å². The van der Waals surface area contributed by atoms with Gasteiger partial charge in [0, 0.05) is 40.0 Å². The molecule has 3 heterocycles. The van der Waals surface area contributed by atoms with Crippen LogP contribution in [0.2, 0.25) is 5.02 Å². The van der Waals surface area contributed by atoms with E-state index >= 15 is 0 Å². The molecule has 4 nitrogen and oxygen atoms in total. The van der Waals surface area contributed by atoms with Crippen molar-refractivity contribution in [1.29, 1.82) is 0 Å². The second kappa shape index (κ2) is 7.36. The van der Waals surface area contributed by atoms with Crippen LogP contribution in [0.4, 0.5) is 0 Å². The number of likely N-dealkylation sites (tertiary alicyclic amines) is 1. The zero-order valence-electron chi connectivity index (χ0n) is 16.7. The molecule has 1 fully saturated rings. The average molecular weight is 406 g/mol. The third-order valence-electron chi connectivity index (χ3n) is 5.92. The lowest BCUT2D eigenvalue weighted by molar-refractivity contribution is 0.249. The van der Waals surface area contributed by atoms with E-state index in [1.807, 2.05) is 31.3 Å². The first kappa shape index (κ1) is 18.5. The van der Waals surface area contributed by atoms with E-state index < -0.39 is 0 Å². The second-order valence-corrected chi connectivity index (χ2v) is 8.51. The number of benzene rings is 2. The number of H-pyrrole nitrogens is 1. The summed E-state index contributed by atoms with van der Waals surface area (Å²) in [5, 5.41) is 3.00. The van der Waals surface area contributed by atoms with Gasteiger partial charge in [0.1, 0.15) is 5.75 Å². The van der Waals surface area contributed by atoms with Crippen LogP contribution in [0.25, 0.3) is 32.9 Å². The molecule has 0 saturated carbocycles. The lowest BCUT2D eigenvalue weighted by atomic mass is 10.0. The summed E-state index contributed by atoms with van der Waals surface area (Å²) in [6, 6.07) is 14.4. The van der Waals surface area contributed by atoms with E-state index in [9.17, 15) is 0 Å². The number of halogens is 1. The Morgan fingerprint density at radius 2 is 1.97 bits per heavy atom. The smallest absolute Gasteiger partial charge is 0.119 e. The fourth-order valence-corrected chi connectivity index (χ4v) is 4.58. The van der Waals surface area contributed by atoms with Crippen molar-refractivity contribution in [2.24, 2.45) is 5.92 Å². The molecule has 0 spiro atoms. The molecular formula is C24H24ClN3O. The van der Waals surface area contributed by atoms with E-state index in [0.29, 0.717) is 5.92 Å². The van der Waals surface area contributed by atoms with Gasteiger partial charge in [-0.3, -0.25) is 4.98 Å². The van der Waals surface area contributed by atoms with Crippen LogP contribution in [0.1, 0.15) is 12.1 Å². The third-order valence-corrected chi connectivity index (χ3v) is 6.14. The highest BCUT2D eigenvalue weighted by Gasteiger charge is 2.20. The zero-order valence-corrected chi connectivity index (χ0v) is 17.5. The monoisotopic (exact) mass is 405 g/mol. The normalized spacial score (nSPS) is 17.4. The van der Waals surface area contributed by atoms with Gasteiger partial charge in [0.2, 0.25) is 0 Å². The maximum Gasteiger partial charge on any atom is 0.119 e. The number of fused-ring (bicyclic) bond motifs is 3. The highest BCUT2D eigenvalue weighted by atomic mass is 35.5. The van der Waals surface area contributed by atoms with Crippen molar-refractivity contribution >= 4 is 33.4 Å². The van der Waals surface area contributed by atoms with Gasteiger partial charge in [-0.15, -0.1) is 0 Å². The number of aromatic amines is 1. The van der Waals surface area contributed by atoms with Crippen molar-refractivity contribution in [2.45, 2.75) is 13.3 Å². The molecule has 0 amide bonds. The third kappa shape index (κ3) is 3.47. The first-order valence-electron chi connectivity index (χ1n) is 10.1. The predicted octanol–water partition coefficient (Wildman–Crippen LogP) is 5.68. The lowest BCUT2D eigenvalue weighted by Gasteiger charge is -2.13. The first-order valence-corrected chi connectivity index (χ1v) is 10.4. The van der Waals surface area contributed by atoms with Gasteiger partial charge in [0.25, 0.3) is 0 Å². The summed E-state index contributed by atoms with van der Waals surface area (Å²) in [5.41, 5.74) is 5.34. The molecule has 2 aromatic heterocycles. The Morgan fingerprint density at radius 1 is 1.14 bits per heavy atom. The highest BCUT2D eigenvalue weighted by molar-refractivity contribution is 6.32. The summed E-state index contributed by atoms with van der Waals surface area (Å²) >= 11 is 6.48. The zero-order chi connectivity index (χ0) is 20.0. The van der Waals surface area contributed by atoms with Crippen LogP contribution in [-0.2, 0) is 0 Å². The fraction of sp³-hybridized carbons (Fsp3) is 0.292. The molecule has 1 unspecified atom stereocenters. The van der Waals surface area contributed by atoms with Crippen LogP contribution in [0.3, 0.4) is 0 Å². The van der Waals surface area contributed by atoms with E-state index in [1.165, 1.54) is 6.42 Å². The summed E-state index contributed by atoms with van der Waals surface area (Å²) in [7, 11) is 2.17. The average Bonchev–Trinajstić information content (AvgIpc) is 3.31. The van der Waals surface area contributed by atoms with Crippen molar-refractivity contribution < 1.29 is 4.74 Å². The number of aryl methyl sites for hydroxylation is 1. The Labute approximate surface area is 175 Å². The fourth-order valence-electron chi connectivity index (χ4n) is 4.36. The van der Waals surface area contributed by atoms with E-state index in [1.54, 1.807) is 0 Å². The van der Waals surface area contributed by atoms with Crippen LogP contribution in [-0.4, -0.2) is 41.6 Å². The van der Waals surface area contributed by atoms with Crippen molar-refractivity contribution in [2.75, 3.05) is 26.7 Å². The lowest BCUT2D eigenvalue weighted by Crippen LogP contribution is -2.17. The Bertz CT molecular complexity index is 1180. The SMILES string of the molecule is Cc1nccc2c1[nH]c1c(-c3ccc(OCC4CCN(C)C4)cc3)cc(Cl)cc12.